The minimum absolute atomic E-state index is 0.0124. The van der Waals surface area contributed by atoms with E-state index in [1.54, 1.807) is 7.11 Å². The number of carbonyl (C=O) groups is 1. The lowest BCUT2D eigenvalue weighted by Crippen LogP contribution is -2.38. The summed E-state index contributed by atoms with van der Waals surface area (Å²) >= 11 is 0. The summed E-state index contributed by atoms with van der Waals surface area (Å²) in [6.45, 7) is 7.68. The van der Waals surface area contributed by atoms with E-state index in [1.165, 1.54) is 0 Å². The van der Waals surface area contributed by atoms with Crippen LogP contribution in [0.1, 0.15) is 32.8 Å². The van der Waals surface area contributed by atoms with Crippen molar-refractivity contribution in [1.29, 1.82) is 0 Å². The van der Waals surface area contributed by atoms with E-state index in [9.17, 15) is 4.79 Å². The molecule has 0 spiro atoms. The van der Waals surface area contributed by atoms with Crippen molar-refractivity contribution in [1.82, 2.24) is 5.32 Å². The number of carbonyl (C=O) groups excluding carboxylic acids is 1. The minimum atomic E-state index is -0.227. The lowest BCUT2D eigenvalue weighted by molar-refractivity contribution is 0.189. The molecular weight excluding hydrogens is 268 g/mol. The zero-order valence-corrected chi connectivity index (χ0v) is 13.2. The molecule has 2 N–H and O–H groups in total. The van der Waals surface area contributed by atoms with Gasteiger partial charge >= 0.3 is 6.03 Å². The quantitative estimate of drug-likeness (QED) is 0.900. The van der Waals surface area contributed by atoms with Gasteiger partial charge < -0.3 is 20.1 Å². The highest BCUT2D eigenvalue weighted by atomic mass is 16.5. The first kappa shape index (κ1) is 15.6. The average Bonchev–Trinajstić information content (AvgIpc) is 2.90. The summed E-state index contributed by atoms with van der Waals surface area (Å²) in [6.07, 6.45) is 0.854. The number of anilines is 1. The number of benzene rings is 1. The van der Waals surface area contributed by atoms with E-state index in [1.807, 2.05) is 18.2 Å². The van der Waals surface area contributed by atoms with Gasteiger partial charge in [0.15, 0.2) is 0 Å². The van der Waals surface area contributed by atoms with Crippen molar-refractivity contribution in [2.75, 3.05) is 25.6 Å². The fourth-order valence-electron chi connectivity index (χ4n) is 2.26. The summed E-state index contributed by atoms with van der Waals surface area (Å²) in [5.41, 5.74) is 1.84. The van der Waals surface area contributed by atoms with E-state index >= 15 is 0 Å². The second-order valence-corrected chi connectivity index (χ2v) is 6.32. The Morgan fingerprint density at radius 3 is 2.71 bits per heavy atom. The van der Waals surface area contributed by atoms with Crippen LogP contribution in [0.5, 0.6) is 5.75 Å². The van der Waals surface area contributed by atoms with E-state index in [0.717, 1.165) is 12.0 Å². The van der Waals surface area contributed by atoms with Crippen LogP contribution in [0.2, 0.25) is 0 Å². The van der Waals surface area contributed by atoms with Crippen molar-refractivity contribution in [3.8, 4) is 5.75 Å². The molecule has 5 nitrogen and oxygen atoms in total. The molecule has 0 saturated carbocycles. The maximum absolute atomic E-state index is 12.1. The summed E-state index contributed by atoms with van der Waals surface area (Å²) in [5, 5.41) is 5.78. The van der Waals surface area contributed by atoms with Crippen LogP contribution in [-0.2, 0) is 10.2 Å². The number of urea groups is 1. The van der Waals surface area contributed by atoms with Crippen LogP contribution in [-0.4, -0.2) is 32.4 Å². The minimum Gasteiger partial charge on any atom is -0.495 e. The first-order valence-electron chi connectivity index (χ1n) is 7.24. The maximum atomic E-state index is 12.1. The Morgan fingerprint density at radius 2 is 2.14 bits per heavy atom. The van der Waals surface area contributed by atoms with E-state index < -0.39 is 0 Å². The fourth-order valence-corrected chi connectivity index (χ4v) is 2.26. The third kappa shape index (κ3) is 4.11. The summed E-state index contributed by atoms with van der Waals surface area (Å²) in [4.78, 5) is 12.1. The molecule has 0 radical (unpaired) electrons. The molecule has 1 aromatic rings. The SMILES string of the molecule is COc1ccc(C(C)(C)C)cc1NC(=O)NC1CCOC1. The summed E-state index contributed by atoms with van der Waals surface area (Å²) in [6, 6.07) is 5.72. The summed E-state index contributed by atoms with van der Waals surface area (Å²) < 4.78 is 10.6. The number of methoxy groups -OCH3 is 1. The molecule has 1 atom stereocenters. The second kappa shape index (κ2) is 6.35. The van der Waals surface area contributed by atoms with Crippen LogP contribution in [0, 0.1) is 0 Å². The van der Waals surface area contributed by atoms with Crippen molar-refractivity contribution in [3.05, 3.63) is 23.8 Å². The van der Waals surface area contributed by atoms with Gasteiger partial charge in [-0.1, -0.05) is 26.8 Å². The molecule has 1 unspecified atom stereocenters. The predicted molar refractivity (Wildman–Crippen MR) is 83.1 cm³/mol. The highest BCUT2D eigenvalue weighted by Crippen LogP contribution is 2.31. The van der Waals surface area contributed by atoms with E-state index in [0.29, 0.717) is 24.7 Å². The number of rotatable bonds is 3. The molecule has 1 aromatic carbocycles. The van der Waals surface area contributed by atoms with Crippen molar-refractivity contribution in [2.24, 2.45) is 0 Å². The van der Waals surface area contributed by atoms with Gasteiger partial charge in [-0.15, -0.1) is 0 Å². The van der Waals surface area contributed by atoms with Gasteiger partial charge in [0.05, 0.1) is 25.4 Å². The van der Waals surface area contributed by atoms with Gasteiger partial charge in [-0.2, -0.15) is 0 Å². The van der Waals surface area contributed by atoms with Gasteiger partial charge in [0, 0.05) is 6.61 Å². The number of amides is 2. The molecular formula is C16H24N2O3. The third-order valence-electron chi connectivity index (χ3n) is 3.58. The van der Waals surface area contributed by atoms with E-state index in [-0.39, 0.29) is 17.5 Å². The van der Waals surface area contributed by atoms with Gasteiger partial charge in [-0.05, 0) is 29.5 Å². The number of nitrogens with one attached hydrogen (secondary N) is 2. The van der Waals surface area contributed by atoms with Gasteiger partial charge in [0.1, 0.15) is 5.75 Å². The monoisotopic (exact) mass is 292 g/mol. The van der Waals surface area contributed by atoms with Gasteiger partial charge in [-0.3, -0.25) is 0 Å². The van der Waals surface area contributed by atoms with Crippen LogP contribution < -0.4 is 15.4 Å². The molecule has 0 aromatic heterocycles. The number of hydrogen-bond donors (Lipinski definition) is 2. The molecule has 21 heavy (non-hydrogen) atoms. The van der Waals surface area contributed by atoms with Crippen LogP contribution in [0.25, 0.3) is 0 Å². The summed E-state index contributed by atoms with van der Waals surface area (Å²) in [7, 11) is 1.60. The highest BCUT2D eigenvalue weighted by Gasteiger charge is 2.20. The number of hydrogen-bond acceptors (Lipinski definition) is 3. The van der Waals surface area contributed by atoms with E-state index in [2.05, 4.69) is 31.4 Å². The zero-order chi connectivity index (χ0) is 15.5. The van der Waals surface area contributed by atoms with Gasteiger partial charge in [0.2, 0.25) is 0 Å². The molecule has 1 fully saturated rings. The standard InChI is InChI=1S/C16H24N2O3/c1-16(2,3)11-5-6-14(20-4)13(9-11)18-15(19)17-12-7-8-21-10-12/h5-6,9,12H,7-8,10H2,1-4H3,(H2,17,18,19). The van der Waals surface area contributed by atoms with Gasteiger partial charge in [0.25, 0.3) is 0 Å². The van der Waals surface area contributed by atoms with Crippen molar-refractivity contribution < 1.29 is 14.3 Å². The highest BCUT2D eigenvalue weighted by molar-refractivity contribution is 5.91. The van der Waals surface area contributed by atoms with Gasteiger partial charge in [-0.25, -0.2) is 4.79 Å². The Hall–Kier alpha value is -1.75. The molecule has 1 aliphatic rings. The van der Waals surface area contributed by atoms with Crippen LogP contribution in [0.4, 0.5) is 10.5 Å². The molecule has 1 aliphatic heterocycles. The first-order chi connectivity index (χ1) is 9.90. The smallest absolute Gasteiger partial charge is 0.319 e. The molecule has 116 valence electrons. The third-order valence-corrected chi connectivity index (χ3v) is 3.58. The zero-order valence-electron chi connectivity index (χ0n) is 13.2. The lowest BCUT2D eigenvalue weighted by Gasteiger charge is -2.21. The predicted octanol–water partition coefficient (Wildman–Crippen LogP) is 2.90. The second-order valence-electron chi connectivity index (χ2n) is 6.32. The van der Waals surface area contributed by atoms with Crippen LogP contribution >= 0.6 is 0 Å². The average molecular weight is 292 g/mol. The maximum Gasteiger partial charge on any atom is 0.319 e. The normalized spacial score (nSPS) is 18.4. The van der Waals surface area contributed by atoms with Crippen molar-refractivity contribution >= 4 is 11.7 Å². The molecule has 2 amide bonds. The molecule has 1 heterocycles. The molecule has 0 bridgehead atoms. The van der Waals surface area contributed by atoms with Crippen LogP contribution in [0.15, 0.2) is 18.2 Å². The molecule has 5 heteroatoms. The fraction of sp³-hybridized carbons (Fsp3) is 0.562. The topological polar surface area (TPSA) is 59.6 Å². The number of ether oxygens (including phenoxy) is 2. The Bertz CT molecular complexity index is 503. The largest absolute Gasteiger partial charge is 0.495 e. The molecule has 1 saturated heterocycles. The van der Waals surface area contributed by atoms with Crippen LogP contribution in [0.3, 0.4) is 0 Å². The first-order valence-corrected chi connectivity index (χ1v) is 7.24. The lowest BCUT2D eigenvalue weighted by atomic mass is 9.87. The Labute approximate surface area is 126 Å². The van der Waals surface area contributed by atoms with Crippen molar-refractivity contribution in [3.63, 3.8) is 0 Å². The Kier molecular flexibility index (Phi) is 4.73. The summed E-state index contributed by atoms with van der Waals surface area (Å²) in [5.74, 6) is 0.654. The Balaban J connectivity index is 2.11. The van der Waals surface area contributed by atoms with E-state index in [4.69, 9.17) is 9.47 Å². The molecule has 0 aliphatic carbocycles. The molecule has 2 rings (SSSR count). The Morgan fingerprint density at radius 1 is 1.38 bits per heavy atom. The van der Waals surface area contributed by atoms with Crippen molar-refractivity contribution in [2.45, 2.75) is 38.6 Å².